The van der Waals surface area contributed by atoms with Crippen LogP contribution in [0.4, 0.5) is 0 Å². The number of thiazole rings is 1. The van der Waals surface area contributed by atoms with Gasteiger partial charge in [-0.2, -0.15) is 0 Å². The first-order chi connectivity index (χ1) is 7.81. The molecular weight excluding hydrogens is 234 g/mol. The van der Waals surface area contributed by atoms with Crippen LogP contribution in [-0.2, 0) is 11.2 Å². The zero-order valence-electron chi connectivity index (χ0n) is 11.3. The van der Waals surface area contributed by atoms with Gasteiger partial charge in [-0.25, -0.2) is 4.98 Å². The van der Waals surface area contributed by atoms with Crippen LogP contribution in [-0.4, -0.2) is 23.2 Å². The quantitative estimate of drug-likeness (QED) is 0.625. The first-order valence-corrected chi connectivity index (χ1v) is 6.66. The summed E-state index contributed by atoms with van der Waals surface area (Å²) in [5, 5.41) is 1.11. The van der Waals surface area contributed by atoms with Crippen molar-refractivity contribution in [2.45, 2.75) is 52.7 Å². The van der Waals surface area contributed by atoms with Gasteiger partial charge in [-0.05, 0) is 34.6 Å². The summed E-state index contributed by atoms with van der Waals surface area (Å²) in [7, 11) is 0. The Labute approximate surface area is 108 Å². The van der Waals surface area contributed by atoms with Crippen LogP contribution < -0.4 is 11.3 Å². The highest BCUT2D eigenvalue weighted by Crippen LogP contribution is 2.18. The molecule has 0 aromatic carbocycles. The van der Waals surface area contributed by atoms with E-state index in [4.69, 9.17) is 10.6 Å². The summed E-state index contributed by atoms with van der Waals surface area (Å²) in [4.78, 5) is 5.78. The number of rotatable bonds is 5. The molecule has 1 aromatic rings. The van der Waals surface area contributed by atoms with E-state index in [0.29, 0.717) is 6.61 Å². The van der Waals surface area contributed by atoms with E-state index in [1.54, 1.807) is 11.3 Å². The average molecular weight is 257 g/mol. The molecule has 0 aliphatic heterocycles. The second-order valence-electron chi connectivity index (χ2n) is 5.24. The lowest BCUT2D eigenvalue weighted by molar-refractivity contribution is -0.0143. The summed E-state index contributed by atoms with van der Waals surface area (Å²) in [6.07, 6.45) is 0.811. The molecule has 4 nitrogen and oxygen atoms in total. The highest BCUT2D eigenvalue weighted by atomic mass is 32.1. The maximum atomic E-state index is 5.73. The minimum atomic E-state index is -0.135. The highest BCUT2D eigenvalue weighted by molar-refractivity contribution is 7.11. The summed E-state index contributed by atoms with van der Waals surface area (Å²) < 4.78 is 5.73. The van der Waals surface area contributed by atoms with Crippen LogP contribution in [0.2, 0.25) is 0 Å². The zero-order chi connectivity index (χ0) is 13.1. The summed E-state index contributed by atoms with van der Waals surface area (Å²) in [6, 6.07) is 0.110. The fourth-order valence-corrected chi connectivity index (χ4v) is 2.37. The van der Waals surface area contributed by atoms with Crippen LogP contribution in [0.25, 0.3) is 0 Å². The molecular formula is C12H23N3OS. The van der Waals surface area contributed by atoms with Crippen LogP contribution in [0.1, 0.15) is 36.3 Å². The number of nitrogens with zero attached hydrogens (tertiary/aromatic N) is 1. The van der Waals surface area contributed by atoms with Crippen LogP contribution in [0.3, 0.4) is 0 Å². The molecule has 1 unspecified atom stereocenters. The third kappa shape index (κ3) is 5.12. The van der Waals surface area contributed by atoms with Gasteiger partial charge in [-0.3, -0.25) is 11.3 Å². The molecule has 0 saturated carbocycles. The minimum Gasteiger partial charge on any atom is -0.374 e. The van der Waals surface area contributed by atoms with Gasteiger partial charge in [0, 0.05) is 11.3 Å². The van der Waals surface area contributed by atoms with Gasteiger partial charge in [0.15, 0.2) is 0 Å². The van der Waals surface area contributed by atoms with Gasteiger partial charge in [0.05, 0.1) is 29.0 Å². The van der Waals surface area contributed by atoms with Gasteiger partial charge in [0.1, 0.15) is 0 Å². The highest BCUT2D eigenvalue weighted by Gasteiger charge is 2.16. The summed E-state index contributed by atoms with van der Waals surface area (Å²) in [6.45, 7) is 10.8. The lowest BCUT2D eigenvalue weighted by atomic mass is 10.2. The Morgan fingerprint density at radius 1 is 1.41 bits per heavy atom. The maximum absolute atomic E-state index is 5.73. The SMILES string of the molecule is Cc1nc(CC(COC(C)(C)C)NN)sc1C. The van der Waals surface area contributed by atoms with E-state index in [-0.39, 0.29) is 11.6 Å². The number of aromatic nitrogens is 1. The van der Waals surface area contributed by atoms with Crippen molar-refractivity contribution >= 4 is 11.3 Å². The molecule has 0 radical (unpaired) electrons. The van der Waals surface area contributed by atoms with Gasteiger partial charge in [0.25, 0.3) is 0 Å². The Balaban J connectivity index is 2.52. The van der Waals surface area contributed by atoms with Crippen molar-refractivity contribution < 1.29 is 4.74 Å². The Kier molecular flexibility index (Phi) is 5.06. The Bertz CT molecular complexity index is 338. The second kappa shape index (κ2) is 5.91. The molecule has 98 valence electrons. The van der Waals surface area contributed by atoms with Gasteiger partial charge in [-0.1, -0.05) is 0 Å². The lowest BCUT2D eigenvalue weighted by Gasteiger charge is -2.23. The predicted octanol–water partition coefficient (Wildman–Crippen LogP) is 1.95. The molecule has 0 saturated heterocycles. The molecule has 0 spiro atoms. The topological polar surface area (TPSA) is 60.2 Å². The van der Waals surface area contributed by atoms with Crippen molar-refractivity contribution in [2.24, 2.45) is 5.84 Å². The number of ether oxygens (including phenoxy) is 1. The Morgan fingerprint density at radius 2 is 2.06 bits per heavy atom. The molecule has 0 aliphatic carbocycles. The van der Waals surface area contributed by atoms with Gasteiger partial charge in [0.2, 0.25) is 0 Å². The molecule has 1 heterocycles. The largest absolute Gasteiger partial charge is 0.374 e. The third-order valence-electron chi connectivity index (χ3n) is 2.45. The van der Waals surface area contributed by atoms with E-state index >= 15 is 0 Å². The van der Waals surface area contributed by atoms with Gasteiger partial charge < -0.3 is 4.74 Å². The van der Waals surface area contributed by atoms with E-state index in [0.717, 1.165) is 17.1 Å². The summed E-state index contributed by atoms with van der Waals surface area (Å²) in [5.74, 6) is 5.54. The van der Waals surface area contributed by atoms with E-state index in [2.05, 4.69) is 17.3 Å². The van der Waals surface area contributed by atoms with Crippen molar-refractivity contribution in [3.63, 3.8) is 0 Å². The number of hydrogen-bond donors (Lipinski definition) is 2. The molecule has 5 heteroatoms. The average Bonchev–Trinajstić information content (AvgIpc) is 2.51. The predicted molar refractivity (Wildman–Crippen MR) is 72.1 cm³/mol. The van der Waals surface area contributed by atoms with Gasteiger partial charge >= 0.3 is 0 Å². The van der Waals surface area contributed by atoms with E-state index in [1.807, 2.05) is 27.7 Å². The van der Waals surface area contributed by atoms with Crippen molar-refractivity contribution in [1.29, 1.82) is 0 Å². The summed E-state index contributed by atoms with van der Waals surface area (Å²) >= 11 is 1.73. The van der Waals surface area contributed by atoms with Crippen molar-refractivity contribution in [3.05, 3.63) is 15.6 Å². The molecule has 0 bridgehead atoms. The molecule has 0 amide bonds. The Hall–Kier alpha value is -0.490. The molecule has 17 heavy (non-hydrogen) atoms. The molecule has 1 aromatic heterocycles. The minimum absolute atomic E-state index is 0.110. The Morgan fingerprint density at radius 3 is 2.47 bits per heavy atom. The molecule has 0 aliphatic rings. The standard InChI is InChI=1S/C12H23N3OS/c1-8-9(2)17-11(14-8)6-10(15-13)7-16-12(3,4)5/h10,15H,6-7,13H2,1-5H3. The normalized spacial score (nSPS) is 14.0. The fraction of sp³-hybridized carbons (Fsp3) is 0.750. The van der Waals surface area contributed by atoms with E-state index in [9.17, 15) is 0 Å². The van der Waals surface area contributed by atoms with Crippen molar-refractivity contribution in [2.75, 3.05) is 6.61 Å². The van der Waals surface area contributed by atoms with Crippen molar-refractivity contribution in [3.8, 4) is 0 Å². The molecule has 0 fully saturated rings. The smallest absolute Gasteiger partial charge is 0.0947 e. The number of nitrogens with one attached hydrogen (secondary N) is 1. The number of nitrogens with two attached hydrogens (primary N) is 1. The number of hydrazine groups is 1. The zero-order valence-corrected chi connectivity index (χ0v) is 12.1. The summed E-state index contributed by atoms with van der Waals surface area (Å²) in [5.41, 5.74) is 3.77. The van der Waals surface area contributed by atoms with Crippen LogP contribution in [0.5, 0.6) is 0 Å². The van der Waals surface area contributed by atoms with Crippen LogP contribution in [0.15, 0.2) is 0 Å². The van der Waals surface area contributed by atoms with E-state index < -0.39 is 0 Å². The second-order valence-corrected chi connectivity index (χ2v) is 6.53. The molecule has 3 N–H and O–H groups in total. The first-order valence-electron chi connectivity index (χ1n) is 5.85. The van der Waals surface area contributed by atoms with E-state index in [1.165, 1.54) is 4.88 Å². The molecule has 1 atom stereocenters. The fourth-order valence-electron chi connectivity index (χ4n) is 1.35. The maximum Gasteiger partial charge on any atom is 0.0947 e. The number of aryl methyl sites for hydroxylation is 2. The van der Waals surface area contributed by atoms with Crippen LogP contribution >= 0.6 is 11.3 Å². The first kappa shape index (κ1) is 14.6. The molecule has 1 rings (SSSR count). The third-order valence-corrected chi connectivity index (χ3v) is 3.54. The monoisotopic (exact) mass is 257 g/mol. The van der Waals surface area contributed by atoms with Crippen LogP contribution in [0, 0.1) is 13.8 Å². The van der Waals surface area contributed by atoms with Crippen molar-refractivity contribution in [1.82, 2.24) is 10.4 Å². The number of hydrogen-bond acceptors (Lipinski definition) is 5. The van der Waals surface area contributed by atoms with Gasteiger partial charge in [-0.15, -0.1) is 11.3 Å². The lowest BCUT2D eigenvalue weighted by Crippen LogP contribution is -2.42.